The van der Waals surface area contributed by atoms with Crippen molar-refractivity contribution in [2.75, 3.05) is 31.7 Å². The molecule has 2 aromatic carbocycles. The van der Waals surface area contributed by atoms with E-state index in [4.69, 9.17) is 14.2 Å². The second-order valence-corrected chi connectivity index (χ2v) is 7.44. The number of carbonyl (C=O) groups excluding carboxylic acids is 1. The van der Waals surface area contributed by atoms with Crippen LogP contribution >= 0.6 is 0 Å². The van der Waals surface area contributed by atoms with Crippen molar-refractivity contribution >= 4 is 11.6 Å². The minimum absolute atomic E-state index is 0.296. The number of nitrogens with one attached hydrogen (secondary N) is 1. The molecular weight excluding hydrogens is 399 g/mol. The maximum Gasteiger partial charge on any atom is 0.416 e. The van der Waals surface area contributed by atoms with E-state index in [1.807, 2.05) is 0 Å². The van der Waals surface area contributed by atoms with Crippen LogP contribution in [0.15, 0.2) is 42.5 Å². The molecule has 2 aromatic rings. The molecular formula is C22H22F3NO4. The average Bonchev–Trinajstić information content (AvgIpc) is 2.99. The van der Waals surface area contributed by atoms with Crippen molar-refractivity contribution in [2.24, 2.45) is 0 Å². The molecule has 2 aliphatic rings. The Morgan fingerprint density at radius 2 is 1.67 bits per heavy atom. The molecule has 1 saturated heterocycles. The number of benzene rings is 2. The predicted molar refractivity (Wildman–Crippen MR) is 104 cm³/mol. The van der Waals surface area contributed by atoms with E-state index in [1.165, 1.54) is 6.07 Å². The number of hydrogen-bond donors (Lipinski definition) is 1. The molecule has 160 valence electrons. The van der Waals surface area contributed by atoms with Crippen LogP contribution in [0.2, 0.25) is 0 Å². The lowest BCUT2D eigenvalue weighted by molar-refractivity contribution is -0.138. The van der Waals surface area contributed by atoms with Crippen molar-refractivity contribution in [3.63, 3.8) is 0 Å². The van der Waals surface area contributed by atoms with E-state index in [0.717, 1.165) is 18.6 Å². The Labute approximate surface area is 172 Å². The highest BCUT2D eigenvalue weighted by molar-refractivity contribution is 5.99. The maximum atomic E-state index is 13.4. The molecule has 8 heteroatoms. The molecule has 4 rings (SSSR count). The fraction of sp³-hybridized carbons (Fsp3) is 0.409. The summed E-state index contributed by atoms with van der Waals surface area (Å²) in [6.45, 7) is 1.66. The molecule has 1 fully saturated rings. The van der Waals surface area contributed by atoms with Gasteiger partial charge in [0.1, 0.15) is 0 Å². The van der Waals surface area contributed by atoms with E-state index < -0.39 is 17.2 Å². The third-order valence-electron chi connectivity index (χ3n) is 5.53. The lowest BCUT2D eigenvalue weighted by Crippen LogP contribution is -2.45. The van der Waals surface area contributed by atoms with Gasteiger partial charge in [-0.1, -0.05) is 18.2 Å². The number of rotatable bonds is 3. The van der Waals surface area contributed by atoms with Gasteiger partial charge >= 0.3 is 6.18 Å². The van der Waals surface area contributed by atoms with Gasteiger partial charge in [-0.3, -0.25) is 4.79 Å². The summed E-state index contributed by atoms with van der Waals surface area (Å²) in [4.78, 5) is 13.4. The molecule has 30 heavy (non-hydrogen) atoms. The van der Waals surface area contributed by atoms with E-state index in [9.17, 15) is 18.0 Å². The first-order chi connectivity index (χ1) is 14.4. The maximum absolute atomic E-state index is 13.4. The van der Waals surface area contributed by atoms with Gasteiger partial charge in [0.2, 0.25) is 5.91 Å². The van der Waals surface area contributed by atoms with Gasteiger partial charge in [-0.15, -0.1) is 0 Å². The van der Waals surface area contributed by atoms with Crippen LogP contribution in [0.1, 0.15) is 30.4 Å². The molecule has 0 aromatic heterocycles. The molecule has 0 unspecified atom stereocenters. The molecule has 5 nitrogen and oxygen atoms in total. The summed E-state index contributed by atoms with van der Waals surface area (Å²) in [7, 11) is 0. The topological polar surface area (TPSA) is 56.8 Å². The van der Waals surface area contributed by atoms with Crippen LogP contribution in [-0.2, 0) is 21.1 Å². The Kier molecular flexibility index (Phi) is 5.60. The third-order valence-corrected chi connectivity index (χ3v) is 5.53. The third kappa shape index (κ3) is 4.09. The summed E-state index contributed by atoms with van der Waals surface area (Å²) in [6, 6.07) is 10.1. The average molecular weight is 421 g/mol. The molecule has 0 saturated carbocycles. The highest BCUT2D eigenvalue weighted by Crippen LogP contribution is 2.40. The van der Waals surface area contributed by atoms with E-state index in [2.05, 4.69) is 5.32 Å². The molecule has 1 amide bonds. The van der Waals surface area contributed by atoms with E-state index in [1.54, 1.807) is 24.3 Å². The first-order valence-corrected chi connectivity index (χ1v) is 9.85. The largest absolute Gasteiger partial charge is 0.490 e. The summed E-state index contributed by atoms with van der Waals surface area (Å²) in [5.74, 6) is 0.772. The first kappa shape index (κ1) is 20.5. The van der Waals surface area contributed by atoms with Gasteiger partial charge in [0.05, 0.1) is 24.2 Å². The van der Waals surface area contributed by atoms with E-state index >= 15 is 0 Å². The molecule has 0 radical (unpaired) electrons. The quantitative estimate of drug-likeness (QED) is 0.790. The first-order valence-electron chi connectivity index (χ1n) is 9.85. The van der Waals surface area contributed by atoms with E-state index in [-0.39, 0.29) is 5.91 Å². The summed E-state index contributed by atoms with van der Waals surface area (Å²) in [6.07, 6.45) is -3.13. The highest BCUT2D eigenvalue weighted by atomic mass is 19.4. The minimum atomic E-state index is -4.48. The SMILES string of the molecule is O=C(Nc1ccc2c(c1)OCCCO2)C1(c2cccc(C(F)(F)F)c2)CCOCC1. The number of carbonyl (C=O) groups is 1. The van der Waals surface area contributed by atoms with Crippen molar-refractivity contribution in [3.8, 4) is 11.5 Å². The second-order valence-electron chi connectivity index (χ2n) is 7.44. The molecule has 2 heterocycles. The van der Waals surface area contributed by atoms with Gasteiger partial charge in [-0.25, -0.2) is 0 Å². The van der Waals surface area contributed by atoms with Crippen molar-refractivity contribution < 1.29 is 32.2 Å². The van der Waals surface area contributed by atoms with Crippen LogP contribution in [0, 0.1) is 0 Å². The fourth-order valence-electron chi connectivity index (χ4n) is 3.85. The Bertz CT molecular complexity index is 923. The minimum Gasteiger partial charge on any atom is -0.490 e. The van der Waals surface area contributed by atoms with Gasteiger partial charge in [0, 0.05) is 31.4 Å². The van der Waals surface area contributed by atoms with Gasteiger partial charge in [-0.2, -0.15) is 13.2 Å². The standard InChI is InChI=1S/C22H22F3NO4/c23-22(24,25)16-4-1-3-15(13-16)21(7-11-28-12-8-21)20(27)26-17-5-6-18-19(14-17)30-10-2-9-29-18/h1,3-6,13-14H,2,7-12H2,(H,26,27). The van der Waals surface area contributed by atoms with E-state index in [0.29, 0.717) is 62.0 Å². The Morgan fingerprint density at radius 1 is 0.933 bits per heavy atom. The summed E-state index contributed by atoms with van der Waals surface area (Å²) >= 11 is 0. The predicted octanol–water partition coefficient (Wildman–Crippen LogP) is 4.55. The summed E-state index contributed by atoms with van der Waals surface area (Å²) in [5, 5.41) is 2.87. The fourth-order valence-corrected chi connectivity index (χ4v) is 3.85. The smallest absolute Gasteiger partial charge is 0.416 e. The van der Waals surface area contributed by atoms with Crippen LogP contribution in [0.4, 0.5) is 18.9 Å². The number of amides is 1. The van der Waals surface area contributed by atoms with Gasteiger partial charge in [0.15, 0.2) is 11.5 Å². The van der Waals surface area contributed by atoms with Crippen LogP contribution in [0.5, 0.6) is 11.5 Å². The number of alkyl halides is 3. The Balaban J connectivity index is 1.64. The lowest BCUT2D eigenvalue weighted by Gasteiger charge is -2.36. The zero-order chi connectivity index (χ0) is 21.2. The van der Waals surface area contributed by atoms with Crippen LogP contribution in [-0.4, -0.2) is 32.3 Å². The number of ether oxygens (including phenoxy) is 3. The zero-order valence-electron chi connectivity index (χ0n) is 16.3. The molecule has 2 aliphatic heterocycles. The van der Waals surface area contributed by atoms with Crippen molar-refractivity contribution in [3.05, 3.63) is 53.6 Å². The van der Waals surface area contributed by atoms with Gasteiger partial charge in [0.25, 0.3) is 0 Å². The second kappa shape index (κ2) is 8.18. The van der Waals surface area contributed by atoms with Crippen molar-refractivity contribution in [1.82, 2.24) is 0 Å². The zero-order valence-corrected chi connectivity index (χ0v) is 16.3. The number of anilines is 1. The highest BCUT2D eigenvalue weighted by Gasteiger charge is 2.43. The normalized spacial score (nSPS) is 18.4. The van der Waals surface area contributed by atoms with Gasteiger partial charge in [-0.05, 0) is 36.6 Å². The van der Waals surface area contributed by atoms with Gasteiger partial charge < -0.3 is 19.5 Å². The number of fused-ring (bicyclic) bond motifs is 1. The monoisotopic (exact) mass is 421 g/mol. The molecule has 1 N–H and O–H groups in total. The molecule has 0 spiro atoms. The Hall–Kier alpha value is -2.74. The molecule has 0 bridgehead atoms. The number of halogens is 3. The van der Waals surface area contributed by atoms with Crippen molar-refractivity contribution in [1.29, 1.82) is 0 Å². The molecule has 0 atom stereocenters. The number of hydrogen-bond acceptors (Lipinski definition) is 4. The lowest BCUT2D eigenvalue weighted by atomic mass is 9.73. The van der Waals surface area contributed by atoms with Crippen LogP contribution in [0.25, 0.3) is 0 Å². The van der Waals surface area contributed by atoms with Crippen molar-refractivity contribution in [2.45, 2.75) is 30.9 Å². The summed E-state index contributed by atoms with van der Waals surface area (Å²) in [5.41, 5.74) is -1.03. The van der Waals surface area contributed by atoms with Crippen LogP contribution < -0.4 is 14.8 Å². The Morgan fingerprint density at radius 3 is 2.40 bits per heavy atom. The molecule has 0 aliphatic carbocycles. The van der Waals surface area contributed by atoms with Crippen LogP contribution in [0.3, 0.4) is 0 Å². The summed E-state index contributed by atoms with van der Waals surface area (Å²) < 4.78 is 56.4.